The van der Waals surface area contributed by atoms with Crippen molar-refractivity contribution in [3.63, 3.8) is 0 Å². The molecule has 0 fully saturated rings. The van der Waals surface area contributed by atoms with Gasteiger partial charge in [0.2, 0.25) is 0 Å². The Hall–Kier alpha value is -3.96. The maximum Gasteiger partial charge on any atom is 0.423 e. The predicted molar refractivity (Wildman–Crippen MR) is 95.5 cm³/mol. The molecule has 30 heavy (non-hydrogen) atoms. The first-order chi connectivity index (χ1) is 13.7. The lowest BCUT2D eigenvalue weighted by Gasteiger charge is -2.30. The van der Waals surface area contributed by atoms with Gasteiger partial charge >= 0.3 is 41.8 Å². The molecule has 3 N–H and O–H groups in total. The monoisotopic (exact) mass is 428 g/mol. The molecular weight excluding hydrogens is 408 g/mol. The van der Waals surface area contributed by atoms with E-state index in [9.17, 15) is 28.8 Å². The molecule has 0 aliphatic heterocycles. The van der Waals surface area contributed by atoms with Gasteiger partial charge in [0.05, 0.1) is 18.4 Å². The van der Waals surface area contributed by atoms with Crippen molar-refractivity contribution in [2.75, 3.05) is 0 Å². The molecule has 0 unspecified atom stereocenters. The van der Waals surface area contributed by atoms with Crippen LogP contribution in [0.25, 0.3) is 0 Å². The zero-order chi connectivity index (χ0) is 23.8. The highest BCUT2D eigenvalue weighted by molar-refractivity contribution is 6.18. The fourth-order valence-electron chi connectivity index (χ4n) is 1.70. The summed E-state index contributed by atoms with van der Waals surface area (Å²) in [6.45, 7) is 10.3. The fourth-order valence-corrected chi connectivity index (χ4v) is 1.70. The van der Waals surface area contributed by atoms with E-state index < -0.39 is 65.8 Å². The molecule has 0 spiro atoms. The molecule has 0 amide bonds. The van der Waals surface area contributed by atoms with Crippen molar-refractivity contribution in [1.29, 1.82) is 0 Å². The van der Waals surface area contributed by atoms with Crippen molar-refractivity contribution < 1.29 is 58.3 Å². The molecule has 0 rings (SSSR count). The second kappa shape index (κ2) is 10.5. The van der Waals surface area contributed by atoms with Crippen LogP contribution in [0.3, 0.4) is 0 Å². The van der Waals surface area contributed by atoms with Gasteiger partial charge in [-0.05, 0) is 13.8 Å². The van der Waals surface area contributed by atoms with Crippen LogP contribution in [0.5, 0.6) is 0 Å². The molecule has 0 heterocycles. The third-order valence-electron chi connectivity index (χ3n) is 3.18. The molecule has 0 bridgehead atoms. The summed E-state index contributed by atoms with van der Waals surface area (Å²) in [4.78, 5) is 69.8. The summed E-state index contributed by atoms with van der Waals surface area (Å²) in [5.41, 5.74) is -3.29. The Kier molecular flexibility index (Phi) is 9.16. The average molecular weight is 428 g/mol. The molecule has 0 aromatic rings. The number of rotatable bonds is 11. The molecule has 0 aromatic heterocycles. The van der Waals surface area contributed by atoms with Gasteiger partial charge in [-0.2, -0.15) is 0 Å². The maximum absolute atomic E-state index is 12.5. The van der Waals surface area contributed by atoms with E-state index >= 15 is 0 Å². The summed E-state index contributed by atoms with van der Waals surface area (Å²) in [6, 6.07) is 0. The van der Waals surface area contributed by atoms with E-state index in [4.69, 9.17) is 29.5 Å². The lowest BCUT2D eigenvalue weighted by molar-refractivity contribution is -0.326. The van der Waals surface area contributed by atoms with Crippen LogP contribution in [0.1, 0.15) is 33.6 Å². The molecule has 0 aliphatic rings. The Morgan fingerprint density at radius 1 is 0.767 bits per heavy atom. The van der Waals surface area contributed by atoms with E-state index in [1.165, 1.54) is 20.8 Å². The van der Waals surface area contributed by atoms with E-state index in [1.807, 2.05) is 0 Å². The lowest BCUT2D eigenvalue weighted by atomic mass is 10.1. The Balaban J connectivity index is 6.45. The molecule has 0 saturated carbocycles. The van der Waals surface area contributed by atoms with Crippen LogP contribution in [0.15, 0.2) is 35.5 Å². The van der Waals surface area contributed by atoms with E-state index in [0.29, 0.717) is 0 Å². The van der Waals surface area contributed by atoms with Crippen molar-refractivity contribution in [2.24, 2.45) is 0 Å². The molecule has 12 nitrogen and oxygen atoms in total. The molecule has 164 valence electrons. The number of carboxylic acid groups (broad SMARTS) is 3. The number of carbonyl (C=O) groups is 6. The van der Waals surface area contributed by atoms with Crippen LogP contribution >= 0.6 is 0 Å². The fraction of sp³-hybridized carbons (Fsp3) is 0.333. The summed E-state index contributed by atoms with van der Waals surface area (Å²) in [6.07, 6.45) is -1.90. The van der Waals surface area contributed by atoms with Crippen molar-refractivity contribution >= 4 is 35.8 Å². The van der Waals surface area contributed by atoms with Crippen LogP contribution in [0.4, 0.5) is 0 Å². The first-order valence-electron chi connectivity index (χ1n) is 8.10. The van der Waals surface area contributed by atoms with E-state index in [2.05, 4.69) is 13.2 Å². The highest BCUT2D eigenvalue weighted by Gasteiger charge is 2.44. The molecule has 0 saturated heterocycles. The number of ether oxygens (including phenoxy) is 3. The first kappa shape index (κ1) is 26.0. The summed E-state index contributed by atoms with van der Waals surface area (Å²) in [5.74, 6) is -13.0. The van der Waals surface area contributed by atoms with Gasteiger partial charge in [-0.1, -0.05) is 20.1 Å². The van der Waals surface area contributed by atoms with Crippen LogP contribution in [-0.4, -0.2) is 57.1 Å². The van der Waals surface area contributed by atoms with Gasteiger partial charge in [0.25, 0.3) is 0 Å². The van der Waals surface area contributed by atoms with Gasteiger partial charge in [0.1, 0.15) is 0 Å². The zero-order valence-electron chi connectivity index (χ0n) is 16.3. The first-order valence-corrected chi connectivity index (χ1v) is 8.10. The second-order valence-corrected chi connectivity index (χ2v) is 5.80. The van der Waals surface area contributed by atoms with Crippen molar-refractivity contribution in [3.8, 4) is 0 Å². The highest BCUT2D eigenvalue weighted by Crippen LogP contribution is 2.26. The van der Waals surface area contributed by atoms with Crippen LogP contribution in [0, 0.1) is 0 Å². The van der Waals surface area contributed by atoms with Gasteiger partial charge in [0.15, 0.2) is 5.57 Å². The van der Waals surface area contributed by atoms with E-state index in [-0.39, 0.29) is 11.1 Å². The summed E-state index contributed by atoms with van der Waals surface area (Å²) >= 11 is 0. The van der Waals surface area contributed by atoms with Gasteiger partial charge in [-0.25, -0.2) is 24.0 Å². The Morgan fingerprint density at radius 2 is 1.13 bits per heavy atom. The second-order valence-electron chi connectivity index (χ2n) is 5.80. The van der Waals surface area contributed by atoms with Gasteiger partial charge in [0, 0.05) is 11.1 Å². The molecule has 0 atom stereocenters. The number of hydrogen-bond acceptors (Lipinski definition) is 9. The SMILES string of the molecule is C=C(C)C(=O)OC(CC)(OC(=O)C(=C)C)OC(=O)C(CC(=O)O)=C(C(=O)O)C(=O)O. The zero-order valence-corrected chi connectivity index (χ0v) is 16.3. The summed E-state index contributed by atoms with van der Waals surface area (Å²) in [5, 5.41) is 27.0. The van der Waals surface area contributed by atoms with Crippen LogP contribution in [0.2, 0.25) is 0 Å². The van der Waals surface area contributed by atoms with E-state index in [0.717, 1.165) is 0 Å². The molecule has 0 radical (unpaired) electrons. The Labute approximate surface area is 170 Å². The van der Waals surface area contributed by atoms with Gasteiger partial charge in [-0.3, -0.25) is 4.79 Å². The van der Waals surface area contributed by atoms with Crippen molar-refractivity contribution in [1.82, 2.24) is 0 Å². The number of esters is 3. The molecule has 0 aromatic carbocycles. The predicted octanol–water partition coefficient (Wildman–Crippen LogP) is 0.772. The number of carboxylic acids is 3. The average Bonchev–Trinajstić information content (AvgIpc) is 2.59. The highest BCUT2D eigenvalue weighted by atomic mass is 16.9. The van der Waals surface area contributed by atoms with Gasteiger partial charge in [-0.15, -0.1) is 0 Å². The lowest BCUT2D eigenvalue weighted by Crippen LogP contribution is -2.45. The largest absolute Gasteiger partial charge is 0.481 e. The Bertz CT molecular complexity index is 801. The number of hydrogen-bond donors (Lipinski definition) is 3. The maximum atomic E-state index is 12.5. The van der Waals surface area contributed by atoms with Crippen LogP contribution in [-0.2, 0) is 43.0 Å². The number of aliphatic carboxylic acids is 3. The third-order valence-corrected chi connectivity index (χ3v) is 3.18. The quantitative estimate of drug-likeness (QED) is 0.138. The minimum Gasteiger partial charge on any atom is -0.481 e. The molecule has 12 heteroatoms. The molecular formula is C18H20O12. The third kappa shape index (κ3) is 7.22. The summed E-state index contributed by atoms with van der Waals surface area (Å²) in [7, 11) is 0. The standard InChI is InChI=1S/C18H20O12/c1-6-18(28-15(25)8(2)3,29-16(26)9(4)5)30-17(27)10(7-11(19)20)12(13(21)22)14(23)24/h2,4,6-7H2,1,3,5H3,(H,19,20)(H,21,22)(H,23,24). The Morgan fingerprint density at radius 3 is 1.40 bits per heavy atom. The van der Waals surface area contributed by atoms with Crippen LogP contribution < -0.4 is 0 Å². The normalized spacial score (nSPS) is 10.2. The van der Waals surface area contributed by atoms with E-state index in [1.54, 1.807) is 0 Å². The minimum atomic E-state index is -2.78. The van der Waals surface area contributed by atoms with Gasteiger partial charge < -0.3 is 29.5 Å². The minimum absolute atomic E-state index is 0.201. The smallest absolute Gasteiger partial charge is 0.423 e. The topological polar surface area (TPSA) is 191 Å². The summed E-state index contributed by atoms with van der Waals surface area (Å²) < 4.78 is 14.5. The van der Waals surface area contributed by atoms with Crippen molar-refractivity contribution in [3.05, 3.63) is 35.5 Å². The molecule has 0 aliphatic carbocycles. The number of carbonyl (C=O) groups excluding carboxylic acids is 3. The van der Waals surface area contributed by atoms with Crippen molar-refractivity contribution in [2.45, 2.75) is 39.6 Å².